The average Bonchev–Trinajstić information content (AvgIpc) is 3.01. The molecule has 146 valence electrons. The molecule has 2 rings (SSSR count). The van der Waals surface area contributed by atoms with Crippen LogP contribution in [0.2, 0.25) is 0 Å². The van der Waals surface area contributed by atoms with Crippen molar-refractivity contribution in [2.45, 2.75) is 13.8 Å². The first kappa shape index (κ1) is 20.9. The van der Waals surface area contributed by atoms with Crippen molar-refractivity contribution in [3.8, 4) is 11.8 Å². The molecule has 1 aromatic heterocycles. The SMILES string of the molecule is CCOC(=O)c1c(NC(=O)COc2ccccc2C#N)sc(C(=O)NC)c1C. The number of carbonyl (C=O) groups excluding carboxylic acids is 3. The molecule has 2 amide bonds. The van der Waals surface area contributed by atoms with Gasteiger partial charge in [0.1, 0.15) is 16.8 Å². The van der Waals surface area contributed by atoms with E-state index in [4.69, 9.17) is 14.7 Å². The summed E-state index contributed by atoms with van der Waals surface area (Å²) in [5.74, 6) is -1.26. The van der Waals surface area contributed by atoms with Gasteiger partial charge >= 0.3 is 5.97 Å². The molecular formula is C19H19N3O5S. The molecule has 0 aliphatic rings. The highest BCUT2D eigenvalue weighted by Crippen LogP contribution is 2.33. The number of hydrogen-bond donors (Lipinski definition) is 2. The van der Waals surface area contributed by atoms with Gasteiger partial charge in [0.2, 0.25) is 0 Å². The van der Waals surface area contributed by atoms with Crippen molar-refractivity contribution >= 4 is 34.1 Å². The average molecular weight is 401 g/mol. The zero-order valence-corrected chi connectivity index (χ0v) is 16.4. The fourth-order valence-electron chi connectivity index (χ4n) is 2.37. The highest BCUT2D eigenvalue weighted by Gasteiger charge is 2.26. The van der Waals surface area contributed by atoms with Gasteiger partial charge in [0.25, 0.3) is 11.8 Å². The molecule has 2 aromatic rings. The third-order valence-electron chi connectivity index (χ3n) is 3.68. The zero-order chi connectivity index (χ0) is 20.7. The Labute approximate surface area is 166 Å². The number of rotatable bonds is 7. The van der Waals surface area contributed by atoms with Gasteiger partial charge in [-0.1, -0.05) is 12.1 Å². The van der Waals surface area contributed by atoms with Crippen LogP contribution in [0.4, 0.5) is 5.00 Å². The fourth-order valence-corrected chi connectivity index (χ4v) is 3.53. The molecule has 0 saturated heterocycles. The standard InChI is InChI=1S/C19H19N3O5S/c1-4-26-19(25)15-11(2)16(17(24)21-3)28-18(15)22-14(23)10-27-13-8-6-5-7-12(13)9-20/h5-8H,4,10H2,1-3H3,(H,21,24)(H,22,23). The lowest BCUT2D eigenvalue weighted by Crippen LogP contribution is -2.21. The molecule has 0 unspecified atom stereocenters. The van der Waals surface area contributed by atoms with Crippen LogP contribution in [0, 0.1) is 18.3 Å². The van der Waals surface area contributed by atoms with Gasteiger partial charge in [-0.15, -0.1) is 11.3 Å². The summed E-state index contributed by atoms with van der Waals surface area (Å²) in [6, 6.07) is 8.50. The van der Waals surface area contributed by atoms with E-state index in [9.17, 15) is 14.4 Å². The van der Waals surface area contributed by atoms with Crippen LogP contribution >= 0.6 is 11.3 Å². The predicted octanol–water partition coefficient (Wildman–Crippen LogP) is 2.48. The predicted molar refractivity (Wildman–Crippen MR) is 104 cm³/mol. The van der Waals surface area contributed by atoms with Crippen LogP contribution in [0.5, 0.6) is 5.75 Å². The van der Waals surface area contributed by atoms with Crippen LogP contribution in [0.15, 0.2) is 24.3 Å². The maximum atomic E-state index is 12.3. The summed E-state index contributed by atoms with van der Waals surface area (Å²) in [6.07, 6.45) is 0. The van der Waals surface area contributed by atoms with Gasteiger partial charge in [-0.2, -0.15) is 5.26 Å². The number of benzene rings is 1. The number of nitrogens with one attached hydrogen (secondary N) is 2. The van der Waals surface area contributed by atoms with Gasteiger partial charge in [-0.05, 0) is 31.5 Å². The number of esters is 1. The summed E-state index contributed by atoms with van der Waals surface area (Å²) >= 11 is 0.978. The molecule has 0 bridgehead atoms. The number of nitriles is 1. The summed E-state index contributed by atoms with van der Waals surface area (Å²) < 4.78 is 10.4. The lowest BCUT2D eigenvalue weighted by Gasteiger charge is -2.09. The summed E-state index contributed by atoms with van der Waals surface area (Å²) in [6.45, 7) is 3.07. The number of ether oxygens (including phenoxy) is 2. The second-order valence-electron chi connectivity index (χ2n) is 5.50. The largest absolute Gasteiger partial charge is 0.482 e. The van der Waals surface area contributed by atoms with E-state index in [0.717, 1.165) is 11.3 Å². The Bertz CT molecular complexity index is 946. The van der Waals surface area contributed by atoms with E-state index < -0.39 is 11.9 Å². The summed E-state index contributed by atoms with van der Waals surface area (Å²) in [4.78, 5) is 36.9. The fraction of sp³-hybridized carbons (Fsp3) is 0.263. The van der Waals surface area contributed by atoms with E-state index in [0.29, 0.717) is 16.0 Å². The Morgan fingerprint density at radius 3 is 2.61 bits per heavy atom. The smallest absolute Gasteiger partial charge is 0.341 e. The second kappa shape index (κ2) is 9.53. The molecule has 0 aliphatic heterocycles. The van der Waals surface area contributed by atoms with Gasteiger partial charge < -0.3 is 20.1 Å². The molecule has 0 spiro atoms. The van der Waals surface area contributed by atoms with Crippen LogP contribution in [0.3, 0.4) is 0 Å². The Morgan fingerprint density at radius 1 is 1.25 bits per heavy atom. The van der Waals surface area contributed by atoms with Gasteiger partial charge in [0, 0.05) is 7.05 Å². The first-order valence-electron chi connectivity index (χ1n) is 8.37. The normalized spacial score (nSPS) is 9.93. The second-order valence-corrected chi connectivity index (χ2v) is 6.53. The number of thiophene rings is 1. The maximum Gasteiger partial charge on any atom is 0.341 e. The molecule has 2 N–H and O–H groups in total. The van der Waals surface area contributed by atoms with E-state index in [1.54, 1.807) is 38.1 Å². The topological polar surface area (TPSA) is 118 Å². The van der Waals surface area contributed by atoms with Crippen molar-refractivity contribution in [2.24, 2.45) is 0 Å². The zero-order valence-electron chi connectivity index (χ0n) is 15.6. The lowest BCUT2D eigenvalue weighted by atomic mass is 10.1. The molecule has 0 atom stereocenters. The molecule has 0 saturated carbocycles. The third-order valence-corrected chi connectivity index (χ3v) is 4.88. The van der Waals surface area contributed by atoms with E-state index in [1.807, 2.05) is 6.07 Å². The monoisotopic (exact) mass is 401 g/mol. The maximum absolute atomic E-state index is 12.3. The molecule has 0 aliphatic carbocycles. The summed E-state index contributed by atoms with van der Waals surface area (Å²) in [5.41, 5.74) is 0.862. The van der Waals surface area contributed by atoms with Crippen LogP contribution < -0.4 is 15.4 Å². The van der Waals surface area contributed by atoms with Gasteiger partial charge in [0.15, 0.2) is 6.61 Å². The number of amides is 2. The molecule has 8 nitrogen and oxygen atoms in total. The van der Waals surface area contributed by atoms with Gasteiger partial charge in [-0.3, -0.25) is 9.59 Å². The van der Waals surface area contributed by atoms with Crippen molar-refractivity contribution in [3.05, 3.63) is 45.8 Å². The molecule has 9 heteroatoms. The first-order chi connectivity index (χ1) is 13.4. The van der Waals surface area contributed by atoms with Gasteiger partial charge in [-0.25, -0.2) is 4.79 Å². The molecular weight excluding hydrogens is 382 g/mol. The van der Waals surface area contributed by atoms with Crippen molar-refractivity contribution in [1.29, 1.82) is 5.26 Å². The van der Waals surface area contributed by atoms with Crippen molar-refractivity contribution in [2.75, 3.05) is 25.6 Å². The summed E-state index contributed by atoms with van der Waals surface area (Å²) in [5, 5.41) is 14.3. The minimum absolute atomic E-state index is 0.135. The van der Waals surface area contributed by atoms with E-state index in [1.165, 1.54) is 7.05 Å². The number of carbonyl (C=O) groups is 3. The van der Waals surface area contributed by atoms with Crippen molar-refractivity contribution in [1.82, 2.24) is 5.32 Å². The van der Waals surface area contributed by atoms with E-state index in [2.05, 4.69) is 10.6 Å². The minimum Gasteiger partial charge on any atom is -0.482 e. The molecule has 1 aromatic carbocycles. The Balaban J connectivity index is 2.21. The van der Waals surface area contributed by atoms with E-state index in [-0.39, 0.29) is 35.4 Å². The Kier molecular flexibility index (Phi) is 7.12. The van der Waals surface area contributed by atoms with Crippen molar-refractivity contribution in [3.63, 3.8) is 0 Å². The van der Waals surface area contributed by atoms with Crippen LogP contribution in [0.1, 0.15) is 38.1 Å². The molecule has 1 heterocycles. The number of nitrogens with zero attached hydrogens (tertiary/aromatic N) is 1. The molecule has 0 radical (unpaired) electrons. The summed E-state index contributed by atoms with van der Waals surface area (Å²) in [7, 11) is 1.48. The van der Waals surface area contributed by atoms with Crippen LogP contribution in [-0.2, 0) is 9.53 Å². The Hall–Kier alpha value is -3.38. The Morgan fingerprint density at radius 2 is 1.96 bits per heavy atom. The van der Waals surface area contributed by atoms with Crippen LogP contribution in [0.25, 0.3) is 0 Å². The molecule has 0 fully saturated rings. The third kappa shape index (κ3) is 4.66. The van der Waals surface area contributed by atoms with Gasteiger partial charge in [0.05, 0.1) is 22.6 Å². The quantitative estimate of drug-likeness (QED) is 0.688. The van der Waals surface area contributed by atoms with E-state index >= 15 is 0 Å². The number of hydrogen-bond acceptors (Lipinski definition) is 7. The first-order valence-corrected chi connectivity index (χ1v) is 9.18. The number of para-hydroxylation sites is 1. The highest BCUT2D eigenvalue weighted by atomic mass is 32.1. The molecule has 28 heavy (non-hydrogen) atoms. The number of anilines is 1. The van der Waals surface area contributed by atoms with Crippen molar-refractivity contribution < 1.29 is 23.9 Å². The lowest BCUT2D eigenvalue weighted by molar-refractivity contribution is -0.118. The van der Waals surface area contributed by atoms with Crippen LogP contribution in [-0.4, -0.2) is 38.0 Å². The minimum atomic E-state index is -0.627. The highest BCUT2D eigenvalue weighted by molar-refractivity contribution is 7.18.